The zero-order valence-electron chi connectivity index (χ0n) is 65.0. The van der Waals surface area contributed by atoms with Gasteiger partial charge in [0, 0.05) is 117 Å². The van der Waals surface area contributed by atoms with Gasteiger partial charge in [-0.3, -0.25) is 20.9 Å². The van der Waals surface area contributed by atoms with Crippen LogP contribution in [0.5, 0.6) is 0 Å². The standard InChI is InChI=1S/C28H40N4O3S2.C28H33N3O3S2.C27H37N3O3S2/c1-28(2,3)35-26(33)23-19-10-6-8-12-22(19)36-24(23)30-27(34)29-17-20-18-9-5-7-11-21(18)37-25(20)32-15-13-31(4)14-16-32;1-28(2,3)34-26(32)23-19-9-5-7-11-22(19)36-25(23)31-27(33)30-16-20-18-8-4-6-10-21(18)35-24(20)17-12-14-29-15-13-17;1-27(2,3)33-25(31)22-18-11-5-7-13-21(18)34-23(22)29-26(32)28-16-19-17-10-4-6-12-20(17)35-24(19)30-14-8-9-15-30/h5-17H2,1-4H3,(H2,29,30,34);12-15H,4-11,16H2,1-3H3,(H2,30,31,33);4-16H2,1-3H3,(H2,28,29,32). The fraction of sp³-hybridized carbons (Fsp3) is 0.578. The number of thiophene rings is 6. The maximum absolute atomic E-state index is 13.2. The van der Waals surface area contributed by atoms with Crippen molar-refractivity contribution in [2.75, 3.05) is 72.1 Å². The normalized spacial score (nSPS) is 17.0. The fourth-order valence-corrected chi connectivity index (χ4v) is 24.3. The van der Waals surface area contributed by atoms with Gasteiger partial charge in [-0.1, -0.05) is 0 Å². The van der Waals surface area contributed by atoms with Crippen LogP contribution in [0.15, 0.2) is 24.5 Å². The number of ether oxygens (including phenoxy) is 3. The minimum absolute atomic E-state index is 0.253. The number of hydrogen-bond donors (Lipinski definition) is 6. The van der Waals surface area contributed by atoms with Crippen molar-refractivity contribution in [1.29, 1.82) is 0 Å². The monoisotopic (exact) mass is 1580 g/mol. The highest BCUT2D eigenvalue weighted by Gasteiger charge is 2.36. The van der Waals surface area contributed by atoms with Crippen LogP contribution in [0.1, 0.15) is 263 Å². The van der Waals surface area contributed by atoms with E-state index >= 15 is 0 Å². The number of piperazine rings is 1. The Morgan fingerprint density at radius 3 is 1.02 bits per heavy atom. The van der Waals surface area contributed by atoms with Crippen LogP contribution in [0.25, 0.3) is 10.4 Å². The van der Waals surface area contributed by atoms with Crippen molar-refractivity contribution < 1.29 is 43.0 Å². The predicted octanol–water partition coefficient (Wildman–Crippen LogP) is 18.9. The molecule has 0 atom stereocenters. The average Bonchev–Trinajstić information content (AvgIpc) is 1.67. The van der Waals surface area contributed by atoms with Gasteiger partial charge in [0.2, 0.25) is 0 Å². The van der Waals surface area contributed by atoms with Crippen LogP contribution < -0.4 is 41.7 Å². The van der Waals surface area contributed by atoms with Crippen molar-refractivity contribution in [1.82, 2.24) is 25.8 Å². The summed E-state index contributed by atoms with van der Waals surface area (Å²) in [6.45, 7) is 24.7. The van der Waals surface area contributed by atoms with E-state index in [4.69, 9.17) is 14.2 Å². The Morgan fingerprint density at radius 1 is 0.370 bits per heavy atom. The van der Waals surface area contributed by atoms with Crippen LogP contribution in [0.2, 0.25) is 0 Å². The first-order valence-corrected chi connectivity index (χ1v) is 44.5. The molecule has 6 amide bonds. The number of esters is 3. The van der Waals surface area contributed by atoms with E-state index in [2.05, 4.69) is 58.6 Å². The van der Waals surface area contributed by atoms with E-state index in [1.165, 1.54) is 163 Å². The SMILES string of the molecule is CC(C)(C)OC(=O)c1c(NC(=O)NCc2c(-c3ccncc3)sc3c2CCCC3)sc2c1CCCC2.CC(C)(C)OC(=O)c1c(NC(=O)NCc2c(N3CCCC3)sc3c2CCCC3)sc2c1CCCC2.CN1CCN(c2sc3c(c2CNC(=O)Nc2sc4c(c2C(=O)OC(C)(C)C)CCCC4)CCCC3)CC1. The van der Waals surface area contributed by atoms with Gasteiger partial charge in [-0.15, -0.1) is 68.0 Å². The number of likely N-dealkylation sites (N-methyl/N-ethyl adjacent to an activating group) is 1. The predicted molar refractivity (Wildman–Crippen MR) is 443 cm³/mol. The highest BCUT2D eigenvalue weighted by molar-refractivity contribution is 7.18. The molecule has 2 fully saturated rings. The zero-order valence-corrected chi connectivity index (χ0v) is 69.9. The van der Waals surface area contributed by atoms with Gasteiger partial charge in [0.1, 0.15) is 31.8 Å². The lowest BCUT2D eigenvalue weighted by Gasteiger charge is -2.34. The molecule has 19 nitrogen and oxygen atoms in total. The molecule has 0 aromatic carbocycles. The van der Waals surface area contributed by atoms with Gasteiger partial charge in [-0.05, 0) is 293 Å². The summed E-state index contributed by atoms with van der Waals surface area (Å²) in [6, 6.07) is 3.25. The van der Waals surface area contributed by atoms with E-state index in [-0.39, 0.29) is 36.0 Å². The molecule has 2 saturated heterocycles. The van der Waals surface area contributed by atoms with Crippen molar-refractivity contribution in [3.05, 3.63) is 121 Å². The number of nitrogens with one attached hydrogen (secondary N) is 6. The third kappa shape index (κ3) is 19.3. The topological polar surface area (TPSA) is 225 Å². The van der Waals surface area contributed by atoms with Crippen molar-refractivity contribution in [3.63, 3.8) is 0 Å². The van der Waals surface area contributed by atoms with Crippen LogP contribution in [0.4, 0.5) is 39.4 Å². The van der Waals surface area contributed by atoms with Gasteiger partial charge in [-0.2, -0.15) is 0 Å². The number of nitrogens with zero attached hydrogens (tertiary/aromatic N) is 4. The van der Waals surface area contributed by atoms with E-state index in [9.17, 15) is 28.8 Å². The lowest BCUT2D eigenvalue weighted by Crippen LogP contribution is -2.44. The number of aromatic nitrogens is 1. The maximum atomic E-state index is 13.2. The number of pyridine rings is 1. The molecule has 6 aliphatic carbocycles. The number of urea groups is 3. The summed E-state index contributed by atoms with van der Waals surface area (Å²) in [7, 11) is 2.18. The average molecular weight is 1580 g/mol. The lowest BCUT2D eigenvalue weighted by atomic mass is 9.94. The zero-order chi connectivity index (χ0) is 76.0. The molecular weight excluding hydrogens is 1470 g/mol. The third-order valence-corrected chi connectivity index (χ3v) is 29.0. The number of carbonyl (C=O) groups excluding carboxylic acids is 6. The van der Waals surface area contributed by atoms with Crippen molar-refractivity contribution in [3.8, 4) is 10.4 Å². The molecule has 0 radical (unpaired) electrons. The molecular formula is C83H110N10O9S6. The fourth-order valence-electron chi connectivity index (χ4n) is 16.1. The first kappa shape index (κ1) is 79.2. The van der Waals surface area contributed by atoms with Gasteiger partial charge < -0.3 is 44.9 Å². The number of amides is 6. The molecule has 7 aromatic rings. The number of aryl methyl sites for hydroxylation is 6. The second-order valence-corrected chi connectivity index (χ2v) is 39.5. The second-order valence-electron chi connectivity index (χ2n) is 32.9. The molecule has 2 aliphatic heterocycles. The van der Waals surface area contributed by atoms with Gasteiger partial charge in [0.15, 0.2) is 0 Å². The van der Waals surface area contributed by atoms with E-state index < -0.39 is 16.8 Å². The largest absolute Gasteiger partial charge is 0.456 e. The maximum Gasteiger partial charge on any atom is 0.341 e. The molecule has 25 heteroatoms. The van der Waals surface area contributed by atoms with Crippen LogP contribution in [0, 0.1) is 0 Å². The summed E-state index contributed by atoms with van der Waals surface area (Å²) in [5.41, 5.74) is 12.3. The molecule has 0 bridgehead atoms. The van der Waals surface area contributed by atoms with Gasteiger partial charge in [0.25, 0.3) is 0 Å². The first-order valence-electron chi connectivity index (χ1n) is 39.6. The molecule has 6 N–H and O–H groups in total. The Hall–Kier alpha value is -6.87. The van der Waals surface area contributed by atoms with Gasteiger partial charge >= 0.3 is 36.0 Å². The third-order valence-electron chi connectivity index (χ3n) is 21.2. The van der Waals surface area contributed by atoms with Crippen molar-refractivity contribution in [2.45, 2.75) is 266 Å². The molecule has 582 valence electrons. The number of fused-ring (bicyclic) bond motifs is 6. The molecule has 108 heavy (non-hydrogen) atoms. The van der Waals surface area contributed by atoms with E-state index in [0.29, 0.717) is 51.3 Å². The highest BCUT2D eigenvalue weighted by Crippen LogP contribution is 2.47. The molecule has 7 aromatic heterocycles. The molecule has 8 aliphatic rings. The van der Waals surface area contributed by atoms with Crippen molar-refractivity contribution in [2.24, 2.45) is 0 Å². The Morgan fingerprint density at radius 2 is 0.667 bits per heavy atom. The Bertz CT molecular complexity index is 4410. The Labute approximate surface area is 661 Å². The second kappa shape index (κ2) is 34.8. The summed E-state index contributed by atoms with van der Waals surface area (Å²) in [6.07, 6.45) is 32.1. The Balaban J connectivity index is 0.000000143. The van der Waals surface area contributed by atoms with Crippen LogP contribution in [-0.2, 0) is 111 Å². The quantitative estimate of drug-likeness (QED) is 0.0416. The van der Waals surface area contributed by atoms with Crippen LogP contribution >= 0.6 is 68.0 Å². The summed E-state index contributed by atoms with van der Waals surface area (Å²) in [4.78, 5) is 99.6. The van der Waals surface area contributed by atoms with Crippen LogP contribution in [0.3, 0.4) is 0 Å². The molecule has 0 spiro atoms. The summed E-state index contributed by atoms with van der Waals surface area (Å²) in [5, 5.41) is 22.9. The summed E-state index contributed by atoms with van der Waals surface area (Å²) < 4.78 is 17.2. The van der Waals surface area contributed by atoms with Crippen molar-refractivity contribution >= 4 is 129 Å². The smallest absolute Gasteiger partial charge is 0.341 e. The number of carbonyl (C=O) groups is 6. The van der Waals surface area contributed by atoms with Crippen LogP contribution in [-0.4, -0.2) is 109 Å². The first-order chi connectivity index (χ1) is 51.8. The molecule has 0 unspecified atom stereocenters. The number of anilines is 5. The van der Waals surface area contributed by atoms with Gasteiger partial charge in [-0.25, -0.2) is 28.8 Å². The minimum Gasteiger partial charge on any atom is -0.456 e. The number of hydrogen-bond acceptors (Lipinski definition) is 19. The van der Waals surface area contributed by atoms with E-state index in [1.54, 1.807) is 0 Å². The molecule has 15 rings (SSSR count). The Kier molecular flexibility index (Phi) is 25.5. The summed E-state index contributed by atoms with van der Waals surface area (Å²) >= 11 is 10.3. The minimum atomic E-state index is -0.596. The highest BCUT2D eigenvalue weighted by atomic mass is 32.1. The van der Waals surface area contributed by atoms with E-state index in [0.717, 1.165) is 177 Å². The lowest BCUT2D eigenvalue weighted by molar-refractivity contribution is 0.00571. The van der Waals surface area contributed by atoms with Gasteiger partial charge in [0.05, 0.1) is 26.7 Å². The molecule has 0 saturated carbocycles. The number of rotatable bonds is 15. The molecule has 9 heterocycles. The van der Waals surface area contributed by atoms with E-state index in [1.807, 2.05) is 121 Å². The summed E-state index contributed by atoms with van der Waals surface area (Å²) in [5.74, 6) is -1.04.